The first kappa shape index (κ1) is 17.7. The Hall–Kier alpha value is -1.69. The maximum atomic E-state index is 13.3. The van der Waals surface area contributed by atoms with Crippen LogP contribution in [0.15, 0.2) is 18.2 Å². The first-order valence-corrected chi connectivity index (χ1v) is 9.67. The van der Waals surface area contributed by atoms with E-state index in [9.17, 15) is 13.6 Å². The summed E-state index contributed by atoms with van der Waals surface area (Å²) in [5.41, 5.74) is 8.12. The van der Waals surface area contributed by atoms with Gasteiger partial charge in [0.25, 0.3) is 0 Å². The second-order valence-corrected chi connectivity index (χ2v) is 7.96. The Bertz CT molecular complexity index is 668. The van der Waals surface area contributed by atoms with Crippen LogP contribution in [0.5, 0.6) is 5.75 Å². The fourth-order valence-corrected chi connectivity index (χ4v) is 5.19. The van der Waals surface area contributed by atoms with Gasteiger partial charge in [-0.1, -0.05) is 6.42 Å². The first-order valence-electron chi connectivity index (χ1n) is 9.67. The van der Waals surface area contributed by atoms with Gasteiger partial charge < -0.3 is 15.4 Å². The number of rotatable bonds is 3. The largest absolute Gasteiger partial charge is 0.435 e. The van der Waals surface area contributed by atoms with Gasteiger partial charge in [0.15, 0.2) is 0 Å². The normalized spacial score (nSPS) is 30.8. The Labute approximate surface area is 152 Å². The number of hydrogen-bond acceptors (Lipinski definition) is 3. The summed E-state index contributed by atoms with van der Waals surface area (Å²) in [6.45, 7) is -2.14. The number of nitrogens with two attached hydrogens (primary N) is 1. The van der Waals surface area contributed by atoms with E-state index in [-0.39, 0.29) is 23.6 Å². The molecule has 4 nitrogen and oxygen atoms in total. The van der Waals surface area contributed by atoms with Crippen molar-refractivity contribution >= 4 is 11.6 Å². The van der Waals surface area contributed by atoms with Crippen molar-refractivity contribution in [1.29, 1.82) is 0 Å². The van der Waals surface area contributed by atoms with Crippen molar-refractivity contribution in [2.75, 3.05) is 11.4 Å². The molecule has 142 valence electrons. The number of anilines is 1. The molecule has 2 N–H and O–H groups in total. The van der Waals surface area contributed by atoms with E-state index in [2.05, 4.69) is 4.74 Å². The van der Waals surface area contributed by atoms with Crippen molar-refractivity contribution in [2.45, 2.75) is 57.6 Å². The molecule has 1 amide bonds. The zero-order valence-corrected chi connectivity index (χ0v) is 14.9. The van der Waals surface area contributed by atoms with Crippen LogP contribution >= 0.6 is 0 Å². The number of fused-ring (bicyclic) bond motifs is 3. The van der Waals surface area contributed by atoms with Crippen LogP contribution in [0.1, 0.15) is 44.1 Å². The lowest BCUT2D eigenvalue weighted by Crippen LogP contribution is -2.50. The third kappa shape index (κ3) is 3.31. The van der Waals surface area contributed by atoms with Gasteiger partial charge in [0.1, 0.15) is 5.75 Å². The number of carbonyl (C=O) groups excluding carboxylic acids is 1. The van der Waals surface area contributed by atoms with E-state index in [0.29, 0.717) is 18.4 Å². The summed E-state index contributed by atoms with van der Waals surface area (Å²) in [6.07, 6.45) is 6.88. The lowest BCUT2D eigenvalue weighted by Gasteiger charge is -2.45. The molecule has 0 spiro atoms. The van der Waals surface area contributed by atoms with Gasteiger partial charge in [0.05, 0.1) is 0 Å². The summed E-state index contributed by atoms with van der Waals surface area (Å²) < 4.78 is 29.4. The summed E-state index contributed by atoms with van der Waals surface area (Å²) in [7, 11) is 0. The standard InChI is InChI=1S/C20H26F2N2O2/c21-20(22)26-16-6-7-17-12(11-16)5-2-8-24(17)19(25)15-9-13-3-1-4-14(10-15)18(13)23/h6-7,11,13-15,18,20H,1-5,8-10,23H2. The van der Waals surface area contributed by atoms with Gasteiger partial charge in [-0.3, -0.25) is 4.79 Å². The fourth-order valence-electron chi connectivity index (χ4n) is 5.19. The van der Waals surface area contributed by atoms with E-state index in [0.717, 1.165) is 49.8 Å². The maximum absolute atomic E-state index is 13.3. The quantitative estimate of drug-likeness (QED) is 0.889. The predicted octanol–water partition coefficient (Wildman–Crippen LogP) is 3.72. The van der Waals surface area contributed by atoms with Crippen LogP contribution < -0.4 is 15.4 Å². The number of benzene rings is 1. The summed E-state index contributed by atoms with van der Waals surface area (Å²) in [5, 5.41) is 0. The summed E-state index contributed by atoms with van der Waals surface area (Å²) in [5.74, 6) is 1.29. The van der Waals surface area contributed by atoms with Gasteiger partial charge in [-0.2, -0.15) is 8.78 Å². The first-order chi connectivity index (χ1) is 12.5. The van der Waals surface area contributed by atoms with Crippen LogP contribution in [0, 0.1) is 17.8 Å². The van der Waals surface area contributed by atoms with E-state index in [1.807, 2.05) is 4.90 Å². The SMILES string of the molecule is NC1C2CCCC1CC(C(=O)N1CCCc3cc(OC(F)F)ccc31)C2. The van der Waals surface area contributed by atoms with Crippen molar-refractivity contribution in [1.82, 2.24) is 0 Å². The third-order valence-electron chi connectivity index (χ3n) is 6.42. The molecule has 2 bridgehead atoms. The smallest absolute Gasteiger partial charge is 0.387 e. The molecule has 2 unspecified atom stereocenters. The minimum absolute atomic E-state index is 0.0352. The topological polar surface area (TPSA) is 55.6 Å². The van der Waals surface area contributed by atoms with Crippen LogP contribution in [-0.2, 0) is 11.2 Å². The van der Waals surface area contributed by atoms with E-state index in [1.165, 1.54) is 12.5 Å². The Morgan fingerprint density at radius 1 is 1.19 bits per heavy atom. The molecular formula is C20H26F2N2O2. The Kier molecular flexibility index (Phi) is 4.86. The van der Waals surface area contributed by atoms with Crippen molar-refractivity contribution < 1.29 is 18.3 Å². The van der Waals surface area contributed by atoms with Crippen LogP contribution in [-0.4, -0.2) is 25.1 Å². The summed E-state index contributed by atoms with van der Waals surface area (Å²) in [4.78, 5) is 15.1. The number of nitrogens with zero attached hydrogens (tertiary/aromatic N) is 1. The van der Waals surface area contributed by atoms with Crippen molar-refractivity contribution in [3.05, 3.63) is 23.8 Å². The number of alkyl halides is 2. The number of ether oxygens (including phenoxy) is 1. The van der Waals surface area contributed by atoms with Gasteiger partial charge in [0.2, 0.25) is 5.91 Å². The number of amides is 1. The van der Waals surface area contributed by atoms with E-state index in [1.54, 1.807) is 12.1 Å². The minimum Gasteiger partial charge on any atom is -0.435 e. The predicted molar refractivity (Wildman–Crippen MR) is 95.3 cm³/mol. The molecular weight excluding hydrogens is 338 g/mol. The average molecular weight is 364 g/mol. The van der Waals surface area contributed by atoms with E-state index < -0.39 is 6.61 Å². The van der Waals surface area contributed by atoms with Gasteiger partial charge in [-0.25, -0.2) is 0 Å². The van der Waals surface area contributed by atoms with Crippen molar-refractivity contribution in [2.24, 2.45) is 23.5 Å². The average Bonchev–Trinajstić information content (AvgIpc) is 2.59. The van der Waals surface area contributed by atoms with Crippen molar-refractivity contribution in [3.63, 3.8) is 0 Å². The molecule has 3 aliphatic rings. The molecule has 2 fully saturated rings. The molecule has 1 aromatic rings. The highest BCUT2D eigenvalue weighted by Gasteiger charge is 2.42. The molecule has 1 heterocycles. The zero-order valence-electron chi connectivity index (χ0n) is 14.9. The summed E-state index contributed by atoms with van der Waals surface area (Å²) >= 11 is 0. The van der Waals surface area contributed by atoms with Crippen LogP contribution in [0.4, 0.5) is 14.5 Å². The Morgan fingerprint density at radius 2 is 1.92 bits per heavy atom. The molecule has 26 heavy (non-hydrogen) atoms. The molecule has 2 aliphatic carbocycles. The second kappa shape index (κ2) is 7.14. The molecule has 4 rings (SSSR count). The molecule has 2 saturated carbocycles. The lowest BCUT2D eigenvalue weighted by molar-refractivity contribution is -0.125. The molecule has 1 aliphatic heterocycles. The number of hydrogen-bond donors (Lipinski definition) is 1. The van der Waals surface area contributed by atoms with Gasteiger partial charge in [0, 0.05) is 24.2 Å². The van der Waals surface area contributed by atoms with Crippen LogP contribution in [0.25, 0.3) is 0 Å². The van der Waals surface area contributed by atoms with Crippen molar-refractivity contribution in [3.8, 4) is 5.75 Å². The molecule has 6 heteroatoms. The number of halogens is 2. The monoisotopic (exact) mass is 364 g/mol. The highest BCUT2D eigenvalue weighted by Crippen LogP contribution is 2.43. The summed E-state index contributed by atoms with van der Waals surface area (Å²) in [6, 6.07) is 5.17. The maximum Gasteiger partial charge on any atom is 0.387 e. The highest BCUT2D eigenvalue weighted by atomic mass is 19.3. The molecule has 0 aromatic heterocycles. The Morgan fingerprint density at radius 3 is 2.62 bits per heavy atom. The highest BCUT2D eigenvalue weighted by molar-refractivity contribution is 5.96. The van der Waals surface area contributed by atoms with Gasteiger partial charge in [-0.05, 0) is 74.1 Å². The van der Waals surface area contributed by atoms with Crippen LogP contribution in [0.3, 0.4) is 0 Å². The van der Waals surface area contributed by atoms with Crippen LogP contribution in [0.2, 0.25) is 0 Å². The molecule has 0 saturated heterocycles. The number of carbonyl (C=O) groups is 1. The lowest BCUT2D eigenvalue weighted by atomic mass is 9.65. The Balaban J connectivity index is 1.53. The number of aryl methyl sites for hydroxylation is 1. The fraction of sp³-hybridized carbons (Fsp3) is 0.650. The minimum atomic E-state index is -2.83. The van der Waals surface area contributed by atoms with E-state index in [4.69, 9.17) is 5.73 Å². The molecule has 2 atom stereocenters. The van der Waals surface area contributed by atoms with Gasteiger partial charge >= 0.3 is 6.61 Å². The zero-order chi connectivity index (χ0) is 18.3. The molecule has 1 aromatic carbocycles. The van der Waals surface area contributed by atoms with Gasteiger partial charge in [-0.15, -0.1) is 0 Å². The molecule has 0 radical (unpaired) electrons. The van der Waals surface area contributed by atoms with E-state index >= 15 is 0 Å². The second-order valence-electron chi connectivity index (χ2n) is 7.96. The third-order valence-corrected chi connectivity index (χ3v) is 6.42.